The fourth-order valence-electron chi connectivity index (χ4n) is 2.65. The number of carbonyl (C=O) groups is 1. The summed E-state index contributed by atoms with van der Waals surface area (Å²) < 4.78 is 38.0. The average molecular weight is 314 g/mol. The van der Waals surface area contributed by atoms with Crippen LogP contribution >= 0.6 is 0 Å². The molecule has 22 heavy (non-hydrogen) atoms. The first kappa shape index (κ1) is 16.8. The van der Waals surface area contributed by atoms with Crippen molar-refractivity contribution in [3.63, 3.8) is 0 Å². The normalized spacial score (nSPS) is 19.9. The fourth-order valence-corrected chi connectivity index (χ4v) is 2.65. The van der Waals surface area contributed by atoms with Gasteiger partial charge >= 0.3 is 6.18 Å². The lowest BCUT2D eigenvalue weighted by atomic mass is 9.98. The van der Waals surface area contributed by atoms with Crippen LogP contribution in [0.15, 0.2) is 24.3 Å². The zero-order chi connectivity index (χ0) is 16.2. The molecule has 0 saturated carbocycles. The number of benzene rings is 1. The van der Waals surface area contributed by atoms with E-state index in [1.807, 2.05) is 0 Å². The minimum atomic E-state index is -4.35. The van der Waals surface area contributed by atoms with Crippen LogP contribution in [-0.2, 0) is 17.4 Å². The number of alkyl halides is 3. The van der Waals surface area contributed by atoms with Crippen molar-refractivity contribution in [3.05, 3.63) is 35.4 Å². The Labute approximate surface area is 128 Å². The first-order chi connectivity index (χ1) is 10.4. The van der Waals surface area contributed by atoms with E-state index < -0.39 is 11.7 Å². The van der Waals surface area contributed by atoms with Gasteiger partial charge in [0.1, 0.15) is 0 Å². The summed E-state index contributed by atoms with van der Waals surface area (Å²) in [4.78, 5) is 12.0. The average Bonchev–Trinajstić information content (AvgIpc) is 2.97. The Balaban J connectivity index is 1.87. The van der Waals surface area contributed by atoms with Crippen molar-refractivity contribution in [3.8, 4) is 0 Å². The number of hydrogen-bond donors (Lipinski definition) is 2. The Kier molecular flexibility index (Phi) is 5.45. The third-order valence-corrected chi connectivity index (χ3v) is 3.93. The summed E-state index contributed by atoms with van der Waals surface area (Å²) in [5.74, 6) is -0.476. The Morgan fingerprint density at radius 1 is 1.45 bits per heavy atom. The summed E-state index contributed by atoms with van der Waals surface area (Å²) in [6.45, 7) is 3.28. The van der Waals surface area contributed by atoms with E-state index in [4.69, 9.17) is 0 Å². The van der Waals surface area contributed by atoms with Gasteiger partial charge in [0.05, 0.1) is 5.56 Å². The van der Waals surface area contributed by atoms with E-state index in [9.17, 15) is 18.0 Å². The summed E-state index contributed by atoms with van der Waals surface area (Å²) in [6, 6.07) is 5.47. The van der Waals surface area contributed by atoms with Crippen molar-refractivity contribution in [1.29, 1.82) is 0 Å². The molecule has 0 radical (unpaired) electrons. The van der Waals surface area contributed by atoms with Crippen LogP contribution in [0.4, 0.5) is 13.2 Å². The lowest BCUT2D eigenvalue weighted by Crippen LogP contribution is -2.39. The van der Waals surface area contributed by atoms with Crippen LogP contribution in [0, 0.1) is 5.92 Å². The molecular weight excluding hydrogens is 293 g/mol. The van der Waals surface area contributed by atoms with Gasteiger partial charge in [-0.05, 0) is 37.4 Å². The van der Waals surface area contributed by atoms with Crippen molar-refractivity contribution in [2.24, 2.45) is 5.92 Å². The van der Waals surface area contributed by atoms with Crippen molar-refractivity contribution in [1.82, 2.24) is 10.6 Å². The van der Waals surface area contributed by atoms with Gasteiger partial charge in [0.2, 0.25) is 5.91 Å². The second kappa shape index (κ2) is 7.13. The summed E-state index contributed by atoms with van der Waals surface area (Å²) >= 11 is 0. The van der Waals surface area contributed by atoms with Crippen LogP contribution in [-0.4, -0.2) is 25.0 Å². The zero-order valence-corrected chi connectivity index (χ0v) is 12.5. The summed E-state index contributed by atoms with van der Waals surface area (Å²) in [5, 5.41) is 6.15. The first-order valence-corrected chi connectivity index (χ1v) is 7.53. The van der Waals surface area contributed by atoms with Crippen LogP contribution in [0.1, 0.15) is 30.9 Å². The molecule has 1 aromatic carbocycles. The maximum atomic E-state index is 12.7. The molecule has 1 aliphatic rings. The van der Waals surface area contributed by atoms with Crippen LogP contribution in [0.25, 0.3) is 0 Å². The van der Waals surface area contributed by atoms with Gasteiger partial charge in [-0.3, -0.25) is 4.79 Å². The maximum Gasteiger partial charge on any atom is 0.416 e. The Morgan fingerprint density at radius 3 is 2.86 bits per heavy atom. The molecule has 1 fully saturated rings. The summed E-state index contributed by atoms with van der Waals surface area (Å²) in [6.07, 6.45) is -1.90. The van der Waals surface area contributed by atoms with Crippen LogP contribution < -0.4 is 10.6 Å². The van der Waals surface area contributed by atoms with E-state index in [-0.39, 0.29) is 11.8 Å². The predicted octanol–water partition coefficient (Wildman–Crippen LogP) is 2.75. The zero-order valence-electron chi connectivity index (χ0n) is 12.5. The Morgan fingerprint density at radius 2 is 2.23 bits per heavy atom. The second-order valence-electron chi connectivity index (χ2n) is 5.84. The lowest BCUT2D eigenvalue weighted by Gasteiger charge is -2.16. The number of halogens is 3. The number of rotatable bonds is 5. The molecule has 0 spiro atoms. The number of amides is 1. The molecule has 1 saturated heterocycles. The highest BCUT2D eigenvalue weighted by Gasteiger charge is 2.30. The van der Waals surface area contributed by atoms with Gasteiger partial charge < -0.3 is 10.6 Å². The molecule has 3 nitrogen and oxygen atoms in total. The molecule has 122 valence electrons. The van der Waals surface area contributed by atoms with Gasteiger partial charge in [-0.25, -0.2) is 0 Å². The van der Waals surface area contributed by atoms with E-state index in [2.05, 4.69) is 10.6 Å². The third kappa shape index (κ3) is 4.73. The minimum absolute atomic E-state index is 0.119. The molecule has 1 heterocycles. The van der Waals surface area contributed by atoms with Crippen LogP contribution in [0.5, 0.6) is 0 Å². The monoisotopic (exact) mass is 314 g/mol. The molecule has 2 rings (SSSR count). The molecular formula is C16H21F3N2O. The highest BCUT2D eigenvalue weighted by Crippen LogP contribution is 2.29. The van der Waals surface area contributed by atoms with Gasteiger partial charge in [-0.15, -0.1) is 0 Å². The molecule has 1 amide bonds. The van der Waals surface area contributed by atoms with Gasteiger partial charge in [0.15, 0.2) is 0 Å². The molecule has 2 N–H and O–H groups in total. The molecule has 1 aromatic rings. The molecule has 2 atom stereocenters. The van der Waals surface area contributed by atoms with E-state index >= 15 is 0 Å². The molecule has 1 aliphatic heterocycles. The standard InChI is InChI=1S/C16H21F3N2O/c1-11(15(22)21-10-14-6-3-7-20-14)8-12-4-2-5-13(9-12)16(17,18)19/h2,4-5,9,11,14,20H,3,6-8,10H2,1H3,(H,21,22). The smallest absolute Gasteiger partial charge is 0.354 e. The van der Waals surface area contributed by atoms with Crippen molar-refractivity contribution in [2.45, 2.75) is 38.4 Å². The van der Waals surface area contributed by atoms with Crippen molar-refractivity contribution >= 4 is 5.91 Å². The van der Waals surface area contributed by atoms with Crippen LogP contribution in [0.3, 0.4) is 0 Å². The predicted molar refractivity (Wildman–Crippen MR) is 78.3 cm³/mol. The second-order valence-corrected chi connectivity index (χ2v) is 5.84. The number of hydrogen-bond acceptors (Lipinski definition) is 2. The number of carbonyl (C=O) groups excluding carboxylic acids is 1. The Hall–Kier alpha value is -1.56. The highest BCUT2D eigenvalue weighted by atomic mass is 19.4. The van der Waals surface area contributed by atoms with Crippen LogP contribution in [0.2, 0.25) is 0 Å². The van der Waals surface area contributed by atoms with E-state index in [0.717, 1.165) is 31.5 Å². The van der Waals surface area contributed by atoms with Gasteiger partial charge in [-0.2, -0.15) is 13.2 Å². The summed E-state index contributed by atoms with van der Waals surface area (Å²) in [7, 11) is 0. The highest BCUT2D eigenvalue weighted by molar-refractivity contribution is 5.78. The van der Waals surface area contributed by atoms with Gasteiger partial charge in [0.25, 0.3) is 0 Å². The van der Waals surface area contributed by atoms with Gasteiger partial charge in [0, 0.05) is 18.5 Å². The molecule has 6 heteroatoms. The number of nitrogens with one attached hydrogen (secondary N) is 2. The lowest BCUT2D eigenvalue weighted by molar-refractivity contribution is -0.137. The van der Waals surface area contributed by atoms with Crippen molar-refractivity contribution in [2.75, 3.05) is 13.1 Å². The van der Waals surface area contributed by atoms with Gasteiger partial charge in [-0.1, -0.05) is 25.1 Å². The maximum absolute atomic E-state index is 12.7. The minimum Gasteiger partial charge on any atom is -0.354 e. The van der Waals surface area contributed by atoms with E-state index in [1.165, 1.54) is 6.07 Å². The van der Waals surface area contributed by atoms with E-state index in [1.54, 1.807) is 13.0 Å². The SMILES string of the molecule is CC(Cc1cccc(C(F)(F)F)c1)C(=O)NCC1CCCN1. The first-order valence-electron chi connectivity index (χ1n) is 7.53. The molecule has 0 aliphatic carbocycles. The third-order valence-electron chi connectivity index (χ3n) is 3.93. The quantitative estimate of drug-likeness (QED) is 0.877. The topological polar surface area (TPSA) is 41.1 Å². The fraction of sp³-hybridized carbons (Fsp3) is 0.562. The molecule has 0 aromatic heterocycles. The van der Waals surface area contributed by atoms with Crippen molar-refractivity contribution < 1.29 is 18.0 Å². The molecule has 2 unspecified atom stereocenters. The Bertz CT molecular complexity index is 510. The van der Waals surface area contributed by atoms with E-state index in [0.29, 0.717) is 24.6 Å². The molecule has 0 bridgehead atoms. The largest absolute Gasteiger partial charge is 0.416 e. The summed E-state index contributed by atoms with van der Waals surface area (Å²) in [5.41, 5.74) is -0.149.